The van der Waals surface area contributed by atoms with Gasteiger partial charge in [0, 0.05) is 33.2 Å². The molecule has 0 unspecified atom stereocenters. The molecule has 0 radical (unpaired) electrons. The van der Waals surface area contributed by atoms with Gasteiger partial charge in [-0.25, -0.2) is 0 Å². The number of halogens is 4. The standard InChI is InChI=1S/C27H22BrF3N4O3/c1-17-13-20(15-32-33-25-12-5-21(27(29,30)31)14-26(25)35(36)37)18(2)34(17)23-8-10-24(11-9-23)38-16-19-3-6-22(28)7-4-19/h3-15,33H,16H2,1-2H3/b32-15-. The lowest BCUT2D eigenvalue weighted by atomic mass is 10.1. The lowest BCUT2D eigenvalue weighted by molar-refractivity contribution is -0.384. The van der Waals surface area contributed by atoms with E-state index in [2.05, 4.69) is 26.5 Å². The Balaban J connectivity index is 1.47. The molecule has 4 aromatic rings. The number of hydrogen-bond acceptors (Lipinski definition) is 5. The van der Waals surface area contributed by atoms with Crippen LogP contribution >= 0.6 is 15.9 Å². The maximum atomic E-state index is 12.9. The number of aryl methyl sites for hydroxylation is 1. The normalized spacial score (nSPS) is 11.6. The molecule has 0 saturated carbocycles. The first-order chi connectivity index (χ1) is 18.0. The molecule has 1 N–H and O–H groups in total. The Kier molecular flexibility index (Phi) is 7.86. The van der Waals surface area contributed by atoms with Crippen LogP contribution in [0.1, 0.15) is 28.1 Å². The fraction of sp³-hybridized carbons (Fsp3) is 0.148. The first kappa shape index (κ1) is 26.9. The lowest BCUT2D eigenvalue weighted by Crippen LogP contribution is -2.06. The third-order valence-electron chi connectivity index (χ3n) is 5.79. The summed E-state index contributed by atoms with van der Waals surface area (Å²) in [6.45, 7) is 4.27. The van der Waals surface area contributed by atoms with Crippen LogP contribution in [0.4, 0.5) is 24.5 Å². The Bertz CT molecular complexity index is 1480. The molecule has 0 saturated heterocycles. The smallest absolute Gasteiger partial charge is 0.416 e. The van der Waals surface area contributed by atoms with E-state index in [4.69, 9.17) is 4.74 Å². The van der Waals surface area contributed by atoms with Gasteiger partial charge in [0.25, 0.3) is 5.69 Å². The molecule has 0 fully saturated rings. The number of benzene rings is 3. The van der Waals surface area contributed by atoms with Crippen LogP contribution in [0, 0.1) is 24.0 Å². The van der Waals surface area contributed by atoms with Gasteiger partial charge in [0.15, 0.2) is 0 Å². The van der Waals surface area contributed by atoms with Crippen LogP contribution in [0.15, 0.2) is 82.4 Å². The van der Waals surface area contributed by atoms with Gasteiger partial charge < -0.3 is 9.30 Å². The summed E-state index contributed by atoms with van der Waals surface area (Å²) in [6, 6.07) is 19.6. The number of aromatic nitrogens is 1. The average molecular weight is 587 g/mol. The van der Waals surface area contributed by atoms with E-state index in [9.17, 15) is 23.3 Å². The number of nitro benzene ring substituents is 1. The van der Waals surface area contributed by atoms with E-state index < -0.39 is 22.4 Å². The highest BCUT2D eigenvalue weighted by Crippen LogP contribution is 2.35. The van der Waals surface area contributed by atoms with Gasteiger partial charge in [-0.3, -0.25) is 15.5 Å². The highest BCUT2D eigenvalue weighted by Gasteiger charge is 2.33. The zero-order valence-electron chi connectivity index (χ0n) is 20.3. The molecule has 4 rings (SSSR count). The molecule has 196 valence electrons. The lowest BCUT2D eigenvalue weighted by Gasteiger charge is -2.11. The summed E-state index contributed by atoms with van der Waals surface area (Å²) in [5.74, 6) is 0.725. The molecule has 38 heavy (non-hydrogen) atoms. The molecule has 3 aromatic carbocycles. The van der Waals surface area contributed by atoms with Crippen molar-refractivity contribution in [3.63, 3.8) is 0 Å². The average Bonchev–Trinajstić information content (AvgIpc) is 3.16. The second kappa shape index (κ2) is 11.1. The predicted octanol–water partition coefficient (Wildman–Crippen LogP) is 7.81. The summed E-state index contributed by atoms with van der Waals surface area (Å²) in [7, 11) is 0. The number of nitro groups is 1. The van der Waals surface area contributed by atoms with Crippen LogP contribution in [0.25, 0.3) is 5.69 Å². The van der Waals surface area contributed by atoms with E-state index in [0.717, 1.165) is 50.6 Å². The Morgan fingerprint density at radius 2 is 1.74 bits per heavy atom. The van der Waals surface area contributed by atoms with Crippen molar-refractivity contribution in [3.8, 4) is 11.4 Å². The number of ether oxygens (including phenoxy) is 1. The molecule has 0 amide bonds. The van der Waals surface area contributed by atoms with Crippen molar-refractivity contribution in [3.05, 3.63) is 115 Å². The summed E-state index contributed by atoms with van der Waals surface area (Å²) in [6.07, 6.45) is -3.22. The quantitative estimate of drug-likeness (QED) is 0.130. The molecule has 1 heterocycles. The molecule has 0 bridgehead atoms. The van der Waals surface area contributed by atoms with Crippen LogP contribution in [-0.4, -0.2) is 15.7 Å². The molecular formula is C27H22BrF3N4O3. The van der Waals surface area contributed by atoms with Gasteiger partial charge >= 0.3 is 6.18 Å². The summed E-state index contributed by atoms with van der Waals surface area (Å²) >= 11 is 3.41. The minimum Gasteiger partial charge on any atom is -0.489 e. The van der Waals surface area contributed by atoms with E-state index in [0.29, 0.717) is 12.7 Å². The Labute approximate surface area is 224 Å². The highest BCUT2D eigenvalue weighted by molar-refractivity contribution is 9.10. The van der Waals surface area contributed by atoms with Crippen molar-refractivity contribution in [1.29, 1.82) is 0 Å². The number of hydrogen-bond donors (Lipinski definition) is 1. The number of anilines is 1. The minimum atomic E-state index is -4.69. The van der Waals surface area contributed by atoms with Crippen molar-refractivity contribution in [1.82, 2.24) is 4.57 Å². The second-order valence-electron chi connectivity index (χ2n) is 8.43. The van der Waals surface area contributed by atoms with Crippen LogP contribution in [0.5, 0.6) is 5.75 Å². The molecule has 0 aliphatic heterocycles. The van der Waals surface area contributed by atoms with Crippen LogP contribution in [0.3, 0.4) is 0 Å². The van der Waals surface area contributed by atoms with E-state index in [1.807, 2.05) is 73.0 Å². The first-order valence-corrected chi connectivity index (χ1v) is 12.1. The van der Waals surface area contributed by atoms with Crippen LogP contribution in [0.2, 0.25) is 0 Å². The monoisotopic (exact) mass is 586 g/mol. The molecular weight excluding hydrogens is 565 g/mol. The van der Waals surface area contributed by atoms with Crippen molar-refractivity contribution in [2.45, 2.75) is 26.6 Å². The van der Waals surface area contributed by atoms with Gasteiger partial charge in [0.05, 0.1) is 16.7 Å². The van der Waals surface area contributed by atoms with Crippen molar-refractivity contribution in [2.24, 2.45) is 5.10 Å². The number of nitrogens with zero attached hydrogens (tertiary/aromatic N) is 3. The fourth-order valence-electron chi connectivity index (χ4n) is 3.88. The number of nitrogens with one attached hydrogen (secondary N) is 1. The molecule has 0 aliphatic carbocycles. The summed E-state index contributed by atoms with van der Waals surface area (Å²) < 4.78 is 47.7. The molecule has 7 nitrogen and oxygen atoms in total. The third-order valence-corrected chi connectivity index (χ3v) is 6.32. The van der Waals surface area contributed by atoms with Crippen LogP contribution in [-0.2, 0) is 12.8 Å². The fourth-order valence-corrected chi connectivity index (χ4v) is 4.14. The van der Waals surface area contributed by atoms with Crippen molar-refractivity contribution < 1.29 is 22.8 Å². The van der Waals surface area contributed by atoms with Crippen molar-refractivity contribution in [2.75, 3.05) is 5.43 Å². The second-order valence-corrected chi connectivity index (χ2v) is 9.34. The van der Waals surface area contributed by atoms with E-state index >= 15 is 0 Å². The van der Waals surface area contributed by atoms with E-state index in [-0.39, 0.29) is 5.69 Å². The maximum absolute atomic E-state index is 12.9. The van der Waals surface area contributed by atoms with Gasteiger partial charge in [0.1, 0.15) is 18.0 Å². The summed E-state index contributed by atoms with van der Waals surface area (Å²) in [5.41, 5.74) is 4.99. The van der Waals surface area contributed by atoms with E-state index in [1.165, 1.54) is 6.21 Å². The Morgan fingerprint density at radius 3 is 2.37 bits per heavy atom. The maximum Gasteiger partial charge on any atom is 0.416 e. The largest absolute Gasteiger partial charge is 0.489 e. The van der Waals surface area contributed by atoms with Gasteiger partial charge in [0.2, 0.25) is 0 Å². The zero-order valence-corrected chi connectivity index (χ0v) is 21.9. The SMILES string of the molecule is Cc1cc(/C=N\Nc2ccc(C(F)(F)F)cc2[N+](=O)[O-])c(C)n1-c1ccc(OCc2ccc(Br)cc2)cc1. The summed E-state index contributed by atoms with van der Waals surface area (Å²) in [5, 5.41) is 15.3. The molecule has 11 heteroatoms. The molecule has 0 atom stereocenters. The topological polar surface area (TPSA) is 81.7 Å². The number of hydrazone groups is 1. The highest BCUT2D eigenvalue weighted by atomic mass is 79.9. The van der Waals surface area contributed by atoms with Crippen LogP contribution < -0.4 is 10.2 Å². The Morgan fingerprint density at radius 1 is 1.05 bits per heavy atom. The van der Waals surface area contributed by atoms with Gasteiger partial charge in [-0.15, -0.1) is 0 Å². The minimum absolute atomic E-state index is 0.146. The number of rotatable bonds is 8. The molecule has 1 aromatic heterocycles. The van der Waals surface area contributed by atoms with E-state index in [1.54, 1.807) is 0 Å². The predicted molar refractivity (Wildman–Crippen MR) is 143 cm³/mol. The van der Waals surface area contributed by atoms with Gasteiger partial charge in [-0.05, 0) is 74.0 Å². The third kappa shape index (κ3) is 6.23. The first-order valence-electron chi connectivity index (χ1n) is 11.3. The van der Waals surface area contributed by atoms with Gasteiger partial charge in [-0.2, -0.15) is 18.3 Å². The van der Waals surface area contributed by atoms with Crippen molar-refractivity contribution >= 4 is 33.5 Å². The Hall–Kier alpha value is -4.12. The zero-order chi connectivity index (χ0) is 27.4. The number of alkyl halides is 3. The molecule has 0 aliphatic rings. The summed E-state index contributed by atoms with van der Waals surface area (Å²) in [4.78, 5) is 10.4. The van der Waals surface area contributed by atoms with Gasteiger partial charge in [-0.1, -0.05) is 28.1 Å². The molecule has 0 spiro atoms.